The van der Waals surface area contributed by atoms with E-state index in [-0.39, 0.29) is 0 Å². The van der Waals surface area contributed by atoms with Crippen molar-refractivity contribution in [3.63, 3.8) is 0 Å². The van der Waals surface area contributed by atoms with Crippen LogP contribution >= 0.6 is 11.6 Å². The van der Waals surface area contributed by atoms with E-state index in [1.54, 1.807) is 20.3 Å². The summed E-state index contributed by atoms with van der Waals surface area (Å²) < 4.78 is 16.2. The molecule has 0 aliphatic heterocycles. The van der Waals surface area contributed by atoms with E-state index in [2.05, 4.69) is 12.2 Å². The molecule has 0 heterocycles. The summed E-state index contributed by atoms with van der Waals surface area (Å²) in [5, 5.41) is 3.98. The Kier molecular flexibility index (Phi) is 6.41. The minimum absolute atomic E-state index is 0.593. The van der Waals surface area contributed by atoms with E-state index in [0.29, 0.717) is 29.7 Å². The summed E-state index contributed by atoms with van der Waals surface area (Å²) in [6, 6.07) is 11.5. The molecule has 0 aromatic heterocycles. The first-order valence-electron chi connectivity index (χ1n) is 7.55. The van der Waals surface area contributed by atoms with E-state index in [9.17, 15) is 0 Å². The van der Waals surface area contributed by atoms with Crippen molar-refractivity contribution in [1.82, 2.24) is 0 Å². The van der Waals surface area contributed by atoms with Gasteiger partial charge in [0.15, 0.2) is 11.5 Å². The number of nitrogens with one attached hydrogen (secondary N) is 1. The van der Waals surface area contributed by atoms with Crippen LogP contribution in [0.2, 0.25) is 5.02 Å². The van der Waals surface area contributed by atoms with Gasteiger partial charge in [0.25, 0.3) is 0 Å². The minimum atomic E-state index is 0.593. The number of hydrogen-bond donors (Lipinski definition) is 1. The van der Waals surface area contributed by atoms with Crippen molar-refractivity contribution >= 4 is 17.3 Å². The first-order valence-corrected chi connectivity index (χ1v) is 7.92. The third-order valence-electron chi connectivity index (χ3n) is 3.37. The molecule has 0 spiro atoms. The topological polar surface area (TPSA) is 39.7 Å². The Hall–Kier alpha value is -2.07. The molecule has 0 aliphatic rings. The average molecular weight is 336 g/mol. The smallest absolute Gasteiger partial charge is 0.162 e. The zero-order valence-corrected chi connectivity index (χ0v) is 14.4. The molecular weight excluding hydrogens is 314 g/mol. The molecule has 5 heteroatoms. The Bertz CT molecular complexity index is 629. The number of ether oxygens (including phenoxy) is 3. The first-order chi connectivity index (χ1) is 11.2. The van der Waals surface area contributed by atoms with Crippen LogP contribution in [-0.4, -0.2) is 20.8 Å². The summed E-state index contributed by atoms with van der Waals surface area (Å²) in [4.78, 5) is 0. The van der Waals surface area contributed by atoms with E-state index in [0.717, 1.165) is 23.4 Å². The highest BCUT2D eigenvalue weighted by Gasteiger charge is 2.10. The quantitative estimate of drug-likeness (QED) is 0.755. The molecule has 1 N–H and O–H groups in total. The lowest BCUT2D eigenvalue weighted by molar-refractivity contribution is 0.294. The van der Waals surface area contributed by atoms with Gasteiger partial charge in [-0.3, -0.25) is 0 Å². The van der Waals surface area contributed by atoms with Gasteiger partial charge in [-0.2, -0.15) is 0 Å². The molecule has 0 saturated carbocycles. The van der Waals surface area contributed by atoms with Crippen molar-refractivity contribution in [1.29, 1.82) is 0 Å². The van der Waals surface area contributed by atoms with Crippen LogP contribution in [-0.2, 0) is 6.54 Å². The van der Waals surface area contributed by atoms with Crippen molar-refractivity contribution in [2.45, 2.75) is 19.9 Å². The molecule has 124 valence electrons. The summed E-state index contributed by atoms with van der Waals surface area (Å²) in [7, 11) is 3.28. The summed E-state index contributed by atoms with van der Waals surface area (Å²) in [5.74, 6) is 2.19. The van der Waals surface area contributed by atoms with Gasteiger partial charge in [-0.25, -0.2) is 0 Å². The maximum Gasteiger partial charge on any atom is 0.162 e. The van der Waals surface area contributed by atoms with Gasteiger partial charge in [0.1, 0.15) is 5.75 Å². The third kappa shape index (κ3) is 4.70. The lowest BCUT2D eigenvalue weighted by Crippen LogP contribution is -2.03. The van der Waals surface area contributed by atoms with Crippen LogP contribution in [0.3, 0.4) is 0 Å². The second-order valence-corrected chi connectivity index (χ2v) is 5.43. The van der Waals surface area contributed by atoms with Gasteiger partial charge in [-0.05, 0) is 42.3 Å². The zero-order valence-electron chi connectivity index (χ0n) is 13.7. The third-order valence-corrected chi connectivity index (χ3v) is 3.72. The minimum Gasteiger partial charge on any atom is -0.497 e. The number of methoxy groups -OCH3 is 2. The SMILES string of the molecule is CCCOc1cc(Cl)c(CNc2ccc(OC)cc2)cc1OC. The second kappa shape index (κ2) is 8.53. The molecule has 0 saturated heterocycles. The Morgan fingerprint density at radius 2 is 1.74 bits per heavy atom. The highest BCUT2D eigenvalue weighted by Crippen LogP contribution is 2.34. The van der Waals surface area contributed by atoms with Gasteiger partial charge < -0.3 is 19.5 Å². The van der Waals surface area contributed by atoms with Crippen LogP contribution in [0, 0.1) is 0 Å². The molecule has 0 radical (unpaired) electrons. The van der Waals surface area contributed by atoms with Crippen molar-refractivity contribution in [3.8, 4) is 17.2 Å². The highest BCUT2D eigenvalue weighted by molar-refractivity contribution is 6.31. The average Bonchev–Trinajstić information content (AvgIpc) is 2.59. The fourth-order valence-corrected chi connectivity index (χ4v) is 2.32. The number of rotatable bonds is 8. The van der Waals surface area contributed by atoms with E-state index in [4.69, 9.17) is 25.8 Å². The summed E-state index contributed by atoms with van der Waals surface area (Å²) >= 11 is 6.36. The lowest BCUT2D eigenvalue weighted by Gasteiger charge is -2.14. The molecule has 0 bridgehead atoms. The molecule has 0 unspecified atom stereocenters. The van der Waals surface area contributed by atoms with E-state index < -0.39 is 0 Å². The highest BCUT2D eigenvalue weighted by atomic mass is 35.5. The maximum atomic E-state index is 6.36. The molecule has 0 aliphatic carbocycles. The Balaban J connectivity index is 2.09. The van der Waals surface area contributed by atoms with E-state index in [1.165, 1.54) is 0 Å². The van der Waals surface area contributed by atoms with Crippen LogP contribution in [0.1, 0.15) is 18.9 Å². The summed E-state index contributed by atoms with van der Waals surface area (Å²) in [5.41, 5.74) is 1.94. The van der Waals surface area contributed by atoms with Crippen molar-refractivity contribution in [2.75, 3.05) is 26.1 Å². The monoisotopic (exact) mass is 335 g/mol. The molecule has 2 aromatic rings. The van der Waals surface area contributed by atoms with Crippen LogP contribution in [0.15, 0.2) is 36.4 Å². The molecule has 4 nitrogen and oxygen atoms in total. The van der Waals surface area contributed by atoms with Gasteiger partial charge in [0, 0.05) is 23.3 Å². The largest absolute Gasteiger partial charge is 0.497 e. The number of halogens is 1. The predicted octanol–water partition coefficient (Wildman–Crippen LogP) is 4.76. The van der Waals surface area contributed by atoms with Gasteiger partial charge in [0.2, 0.25) is 0 Å². The van der Waals surface area contributed by atoms with Crippen LogP contribution in [0.4, 0.5) is 5.69 Å². The van der Waals surface area contributed by atoms with Crippen LogP contribution in [0.25, 0.3) is 0 Å². The Morgan fingerprint density at radius 3 is 2.35 bits per heavy atom. The van der Waals surface area contributed by atoms with Gasteiger partial charge in [-0.15, -0.1) is 0 Å². The van der Waals surface area contributed by atoms with Gasteiger partial charge in [-0.1, -0.05) is 18.5 Å². The Labute approximate surface area is 142 Å². The molecule has 23 heavy (non-hydrogen) atoms. The van der Waals surface area contributed by atoms with Crippen molar-refractivity contribution < 1.29 is 14.2 Å². The van der Waals surface area contributed by atoms with Gasteiger partial charge in [0.05, 0.1) is 20.8 Å². The lowest BCUT2D eigenvalue weighted by atomic mass is 10.2. The molecule has 0 atom stereocenters. The molecule has 2 rings (SSSR count). The number of hydrogen-bond acceptors (Lipinski definition) is 4. The van der Waals surface area contributed by atoms with Crippen LogP contribution < -0.4 is 19.5 Å². The van der Waals surface area contributed by atoms with Gasteiger partial charge >= 0.3 is 0 Å². The number of anilines is 1. The predicted molar refractivity (Wildman–Crippen MR) is 94.1 cm³/mol. The van der Waals surface area contributed by atoms with E-state index in [1.807, 2.05) is 30.3 Å². The second-order valence-electron chi connectivity index (χ2n) is 5.02. The van der Waals surface area contributed by atoms with Crippen molar-refractivity contribution in [3.05, 3.63) is 47.0 Å². The van der Waals surface area contributed by atoms with E-state index >= 15 is 0 Å². The molecule has 2 aromatic carbocycles. The molecule has 0 fully saturated rings. The maximum absolute atomic E-state index is 6.36. The summed E-state index contributed by atoms with van der Waals surface area (Å²) in [6.07, 6.45) is 0.932. The fourth-order valence-electron chi connectivity index (χ4n) is 2.10. The first kappa shape index (κ1) is 17.3. The zero-order chi connectivity index (χ0) is 16.7. The van der Waals surface area contributed by atoms with Crippen LogP contribution in [0.5, 0.6) is 17.2 Å². The Morgan fingerprint density at radius 1 is 1.00 bits per heavy atom. The summed E-state index contributed by atoms with van der Waals surface area (Å²) in [6.45, 7) is 3.28. The molecular formula is C18H22ClNO3. The standard InChI is InChI=1S/C18H22ClNO3/c1-4-9-23-18-11-16(19)13(10-17(18)22-3)12-20-14-5-7-15(21-2)8-6-14/h5-8,10-11,20H,4,9,12H2,1-3H3. The molecule has 0 amide bonds. The fraction of sp³-hybridized carbons (Fsp3) is 0.333. The normalized spacial score (nSPS) is 10.3. The number of benzene rings is 2. The van der Waals surface area contributed by atoms with Crippen molar-refractivity contribution in [2.24, 2.45) is 0 Å².